The molecule has 2 N–H and O–H groups in total. The summed E-state index contributed by atoms with van der Waals surface area (Å²) < 4.78 is 44.3. The van der Waals surface area contributed by atoms with Gasteiger partial charge < -0.3 is 4.74 Å². The molecule has 1 saturated carbocycles. The predicted molar refractivity (Wildman–Crippen MR) is 118 cm³/mol. The predicted octanol–water partition coefficient (Wildman–Crippen LogP) is 4.27. The molecule has 7 nitrogen and oxygen atoms in total. The molecule has 182 valence electrons. The Morgan fingerprint density at radius 2 is 1.73 bits per heavy atom. The Labute approximate surface area is 195 Å². The van der Waals surface area contributed by atoms with Crippen molar-refractivity contribution in [2.24, 2.45) is 23.1 Å². The lowest BCUT2D eigenvalue weighted by molar-refractivity contribution is -0.187. The van der Waals surface area contributed by atoms with E-state index in [1.165, 1.54) is 6.07 Å². The first-order valence-electron chi connectivity index (χ1n) is 10.4. The largest absolute Gasteiger partial charge is 0.474 e. The molecule has 1 aliphatic carbocycles. The molecule has 11 heteroatoms. The molecule has 1 aromatic heterocycles. The number of nitrogens with two attached hydrogens (primary N) is 1. The maximum Gasteiger partial charge on any atom is 0.474 e. The van der Waals surface area contributed by atoms with E-state index in [1.54, 1.807) is 0 Å². The van der Waals surface area contributed by atoms with Crippen LogP contribution in [-0.4, -0.2) is 36.2 Å². The van der Waals surface area contributed by atoms with Crippen LogP contribution in [-0.2, 0) is 14.3 Å². The molecule has 33 heavy (non-hydrogen) atoms. The summed E-state index contributed by atoms with van der Waals surface area (Å²) in [5, 5.41) is 0.178. The Morgan fingerprint density at radius 3 is 2.21 bits per heavy atom. The maximum atomic E-state index is 13.4. The molecule has 1 aliphatic rings. The number of anilines is 1. The van der Waals surface area contributed by atoms with E-state index in [9.17, 15) is 27.6 Å². The summed E-state index contributed by atoms with van der Waals surface area (Å²) in [6, 6.07) is 1.28. The molecule has 0 bridgehead atoms. The van der Waals surface area contributed by atoms with Crippen LogP contribution in [0.25, 0.3) is 0 Å². The van der Waals surface area contributed by atoms with Gasteiger partial charge in [-0.05, 0) is 58.4 Å². The molecule has 0 radical (unpaired) electrons. The molecule has 0 spiro atoms. The fourth-order valence-corrected chi connectivity index (χ4v) is 4.24. The Morgan fingerprint density at radius 1 is 1.15 bits per heavy atom. The summed E-state index contributed by atoms with van der Waals surface area (Å²) in [7, 11) is 1.10. The third-order valence-corrected chi connectivity index (χ3v) is 6.13. The number of thiophene rings is 1. The summed E-state index contributed by atoms with van der Waals surface area (Å²) in [4.78, 5) is 37.9. The van der Waals surface area contributed by atoms with Crippen molar-refractivity contribution in [3.63, 3.8) is 0 Å². The van der Waals surface area contributed by atoms with Crippen LogP contribution in [0.1, 0.15) is 67.9 Å². The maximum absolute atomic E-state index is 13.4. The van der Waals surface area contributed by atoms with Gasteiger partial charge in [0.2, 0.25) is 5.91 Å². The molecule has 1 fully saturated rings. The number of hydrazine groups is 2. The zero-order valence-corrected chi connectivity index (χ0v) is 20.0. The molecular weight excluding hydrogens is 459 g/mol. The molecule has 0 aromatic carbocycles. The summed E-state index contributed by atoms with van der Waals surface area (Å²) in [5.41, 5.74) is -0.662. The SMILES string of the molecule is COC(=O)c1sc(C#CC(C)(C)C)cc1N(C(=O)C1CCC(C)CC1)N(N)C(=O)C(F)(F)F. The summed E-state index contributed by atoms with van der Waals surface area (Å²) in [6.07, 6.45) is -3.06. The quantitative estimate of drug-likeness (QED) is 0.226. The minimum absolute atomic E-state index is 0.182. The molecule has 1 aromatic rings. The smallest absolute Gasteiger partial charge is 0.465 e. The molecular formula is C22H28F3N3O4S. The van der Waals surface area contributed by atoms with Crippen molar-refractivity contribution in [1.82, 2.24) is 5.12 Å². The minimum atomic E-state index is -5.33. The lowest BCUT2D eigenvalue weighted by atomic mass is 9.82. The van der Waals surface area contributed by atoms with Gasteiger partial charge in [0.15, 0.2) is 0 Å². The van der Waals surface area contributed by atoms with E-state index in [0.717, 1.165) is 18.4 Å². The van der Waals surface area contributed by atoms with Crippen LogP contribution in [0.3, 0.4) is 0 Å². The molecule has 0 atom stereocenters. The van der Waals surface area contributed by atoms with E-state index in [0.29, 0.717) is 41.5 Å². The summed E-state index contributed by atoms with van der Waals surface area (Å²) in [5.74, 6) is 6.99. The van der Waals surface area contributed by atoms with Gasteiger partial charge in [-0.25, -0.2) is 15.6 Å². The number of alkyl halides is 3. The van der Waals surface area contributed by atoms with Gasteiger partial charge in [0, 0.05) is 11.3 Å². The number of carbonyl (C=O) groups is 3. The average molecular weight is 488 g/mol. The highest BCUT2D eigenvalue weighted by molar-refractivity contribution is 7.15. The van der Waals surface area contributed by atoms with Gasteiger partial charge in [0.05, 0.1) is 17.7 Å². The molecule has 2 amide bonds. The standard InChI is InChI=1S/C22H28F3N3O4S/c1-13-6-8-14(9-7-13)18(29)27(28(26)20(31)22(23,24)25)16-12-15(10-11-21(2,3)4)33-17(16)19(30)32-5/h12-14H,6-9,26H2,1-5H3. The first kappa shape index (κ1) is 26.7. The second-order valence-corrected chi connectivity index (χ2v) is 10.1. The number of rotatable bonds is 3. The number of esters is 1. The molecule has 0 aliphatic heterocycles. The first-order chi connectivity index (χ1) is 15.2. The van der Waals surface area contributed by atoms with Crippen LogP contribution in [0.4, 0.5) is 18.9 Å². The van der Waals surface area contributed by atoms with Gasteiger partial charge in [0.25, 0.3) is 0 Å². The van der Waals surface area contributed by atoms with Crippen LogP contribution >= 0.6 is 11.3 Å². The Balaban J connectivity index is 2.62. The van der Waals surface area contributed by atoms with Crippen LogP contribution < -0.4 is 10.9 Å². The van der Waals surface area contributed by atoms with Crippen molar-refractivity contribution in [2.45, 2.75) is 59.6 Å². The summed E-state index contributed by atoms with van der Waals surface area (Å²) >= 11 is 0.845. The van der Waals surface area contributed by atoms with Gasteiger partial charge in [0.1, 0.15) is 4.88 Å². The number of hydrogen-bond acceptors (Lipinski definition) is 6. The van der Waals surface area contributed by atoms with Gasteiger partial charge in [-0.2, -0.15) is 18.3 Å². The lowest BCUT2D eigenvalue weighted by Crippen LogP contribution is -2.59. The Bertz CT molecular complexity index is 964. The number of amides is 2. The molecule has 0 unspecified atom stereocenters. The van der Waals surface area contributed by atoms with E-state index in [2.05, 4.69) is 11.8 Å². The van der Waals surface area contributed by atoms with Crippen molar-refractivity contribution in [3.8, 4) is 11.8 Å². The average Bonchev–Trinajstić information content (AvgIpc) is 3.14. The molecule has 0 saturated heterocycles. The second-order valence-electron chi connectivity index (χ2n) is 9.07. The van der Waals surface area contributed by atoms with Gasteiger partial charge in [-0.1, -0.05) is 18.8 Å². The van der Waals surface area contributed by atoms with Crippen molar-refractivity contribution in [3.05, 3.63) is 15.8 Å². The van der Waals surface area contributed by atoms with Crippen LogP contribution in [0.5, 0.6) is 0 Å². The fraction of sp³-hybridized carbons (Fsp3) is 0.591. The van der Waals surface area contributed by atoms with E-state index < -0.39 is 35.3 Å². The first-order valence-corrected chi connectivity index (χ1v) is 11.2. The number of hydrogen-bond donors (Lipinski definition) is 1. The lowest BCUT2D eigenvalue weighted by Gasteiger charge is -2.35. The minimum Gasteiger partial charge on any atom is -0.465 e. The highest BCUT2D eigenvalue weighted by Gasteiger charge is 2.47. The van der Waals surface area contributed by atoms with E-state index in [1.807, 2.05) is 27.7 Å². The van der Waals surface area contributed by atoms with Gasteiger partial charge in [-0.3, -0.25) is 9.59 Å². The fourth-order valence-electron chi connectivity index (χ4n) is 3.33. The third-order valence-electron chi connectivity index (χ3n) is 5.11. The van der Waals surface area contributed by atoms with E-state index >= 15 is 0 Å². The summed E-state index contributed by atoms with van der Waals surface area (Å²) in [6.45, 7) is 7.60. The molecule has 2 rings (SSSR count). The molecule has 1 heterocycles. The number of carbonyl (C=O) groups excluding carboxylic acids is 3. The third kappa shape index (κ3) is 6.71. The topological polar surface area (TPSA) is 92.9 Å². The van der Waals surface area contributed by atoms with Crippen molar-refractivity contribution in [2.75, 3.05) is 12.1 Å². The highest BCUT2D eigenvalue weighted by Crippen LogP contribution is 2.36. The zero-order valence-electron chi connectivity index (χ0n) is 19.2. The van der Waals surface area contributed by atoms with Crippen molar-refractivity contribution < 1.29 is 32.3 Å². The zero-order chi connectivity index (χ0) is 25.1. The van der Waals surface area contributed by atoms with Crippen molar-refractivity contribution >= 4 is 34.8 Å². The van der Waals surface area contributed by atoms with Crippen LogP contribution in [0.2, 0.25) is 0 Å². The monoisotopic (exact) mass is 487 g/mol. The van der Waals surface area contributed by atoms with Crippen molar-refractivity contribution in [1.29, 1.82) is 0 Å². The number of ether oxygens (including phenoxy) is 1. The Hall–Kier alpha value is -2.58. The van der Waals surface area contributed by atoms with E-state index in [4.69, 9.17) is 10.6 Å². The van der Waals surface area contributed by atoms with Crippen LogP contribution in [0, 0.1) is 29.1 Å². The second kappa shape index (κ2) is 10.1. The Kier molecular flexibility index (Phi) is 8.19. The normalized spacial score (nSPS) is 18.7. The number of methoxy groups -OCH3 is 1. The van der Waals surface area contributed by atoms with E-state index in [-0.39, 0.29) is 15.7 Å². The number of nitrogens with zero attached hydrogens (tertiary/aromatic N) is 2. The highest BCUT2D eigenvalue weighted by atomic mass is 32.1. The van der Waals surface area contributed by atoms with Gasteiger partial charge in [-0.15, -0.1) is 11.3 Å². The van der Waals surface area contributed by atoms with Crippen LogP contribution in [0.15, 0.2) is 6.07 Å². The van der Waals surface area contributed by atoms with Gasteiger partial charge >= 0.3 is 18.1 Å². The number of halogens is 3.